The van der Waals surface area contributed by atoms with Crippen molar-refractivity contribution in [1.29, 1.82) is 0 Å². The van der Waals surface area contributed by atoms with Crippen LogP contribution in [0.2, 0.25) is 5.02 Å². The first-order chi connectivity index (χ1) is 9.57. The molecule has 4 heteroatoms. The van der Waals surface area contributed by atoms with E-state index in [1.807, 2.05) is 42.5 Å². The van der Waals surface area contributed by atoms with Crippen LogP contribution in [0.3, 0.4) is 0 Å². The number of alkyl halides is 1. The fourth-order valence-corrected chi connectivity index (χ4v) is 3.46. The molecule has 0 saturated carbocycles. The molecule has 0 bridgehead atoms. The highest BCUT2D eigenvalue weighted by Crippen LogP contribution is 2.34. The van der Waals surface area contributed by atoms with E-state index in [-0.39, 0.29) is 5.60 Å². The van der Waals surface area contributed by atoms with Crippen molar-refractivity contribution in [3.63, 3.8) is 0 Å². The third kappa shape index (κ3) is 3.75. The summed E-state index contributed by atoms with van der Waals surface area (Å²) in [6.45, 7) is 2.61. The monoisotopic (exact) mass is 464 g/mol. The van der Waals surface area contributed by atoms with Crippen LogP contribution in [0.4, 0.5) is 0 Å². The summed E-state index contributed by atoms with van der Waals surface area (Å²) in [6.07, 6.45) is 0. The summed E-state index contributed by atoms with van der Waals surface area (Å²) in [7, 11) is 0. The molecule has 0 aliphatic heterocycles. The molecule has 106 valence electrons. The van der Waals surface area contributed by atoms with Gasteiger partial charge in [0.1, 0.15) is 5.60 Å². The Hall–Kier alpha value is -0.100. The molecule has 0 N–H and O–H groups in total. The minimum atomic E-state index is -0.347. The molecule has 2 aromatic rings. The van der Waals surface area contributed by atoms with Crippen LogP contribution in [-0.4, -0.2) is 4.43 Å². The van der Waals surface area contributed by atoms with Gasteiger partial charge in [0.2, 0.25) is 0 Å². The highest BCUT2D eigenvalue weighted by Gasteiger charge is 2.28. The molecule has 1 unspecified atom stereocenters. The standard InChI is InChI=1S/C16H15BrClIO/c1-16(11-19,13-7-3-4-8-14(13)17)20-10-12-6-2-5-9-15(12)18/h2-9H,10-11H2,1H3. The van der Waals surface area contributed by atoms with Crippen molar-refractivity contribution in [3.05, 3.63) is 69.2 Å². The molecule has 0 spiro atoms. The fraction of sp³-hybridized carbons (Fsp3) is 0.250. The zero-order valence-electron chi connectivity index (χ0n) is 11.1. The zero-order valence-corrected chi connectivity index (χ0v) is 15.6. The minimum Gasteiger partial charge on any atom is -0.365 e. The molecule has 0 saturated heterocycles. The Morgan fingerprint density at radius 3 is 2.45 bits per heavy atom. The van der Waals surface area contributed by atoms with E-state index in [4.69, 9.17) is 16.3 Å². The van der Waals surface area contributed by atoms with Gasteiger partial charge in [0.15, 0.2) is 0 Å². The average molecular weight is 466 g/mol. The maximum atomic E-state index is 6.19. The van der Waals surface area contributed by atoms with Crippen molar-refractivity contribution < 1.29 is 4.74 Å². The Labute approximate surface area is 146 Å². The minimum absolute atomic E-state index is 0.347. The van der Waals surface area contributed by atoms with Crippen LogP contribution in [0.15, 0.2) is 53.0 Å². The van der Waals surface area contributed by atoms with Gasteiger partial charge >= 0.3 is 0 Å². The molecule has 0 aromatic heterocycles. The van der Waals surface area contributed by atoms with Gasteiger partial charge in [-0.15, -0.1) is 0 Å². The van der Waals surface area contributed by atoms with Crippen molar-refractivity contribution in [2.45, 2.75) is 19.1 Å². The van der Waals surface area contributed by atoms with E-state index < -0.39 is 0 Å². The van der Waals surface area contributed by atoms with Crippen molar-refractivity contribution in [3.8, 4) is 0 Å². The lowest BCUT2D eigenvalue weighted by atomic mass is 9.98. The van der Waals surface area contributed by atoms with E-state index in [1.54, 1.807) is 0 Å². The van der Waals surface area contributed by atoms with Gasteiger partial charge < -0.3 is 4.74 Å². The predicted molar refractivity (Wildman–Crippen MR) is 96.6 cm³/mol. The van der Waals surface area contributed by atoms with E-state index >= 15 is 0 Å². The van der Waals surface area contributed by atoms with Crippen LogP contribution in [-0.2, 0) is 16.9 Å². The van der Waals surface area contributed by atoms with Gasteiger partial charge in [-0.1, -0.05) is 86.5 Å². The van der Waals surface area contributed by atoms with Crippen LogP contribution < -0.4 is 0 Å². The quantitative estimate of drug-likeness (QED) is 0.391. The molecule has 20 heavy (non-hydrogen) atoms. The zero-order chi connectivity index (χ0) is 14.6. The summed E-state index contributed by atoms with van der Waals surface area (Å²) in [4.78, 5) is 0. The first-order valence-corrected chi connectivity index (χ1v) is 8.95. The smallest absolute Gasteiger partial charge is 0.101 e. The molecule has 0 fully saturated rings. The second-order valence-corrected chi connectivity index (χ2v) is 6.75. The van der Waals surface area contributed by atoms with Gasteiger partial charge in [-0.25, -0.2) is 0 Å². The molecule has 1 atom stereocenters. The Bertz CT molecular complexity index is 590. The van der Waals surface area contributed by atoms with Gasteiger partial charge in [0, 0.05) is 13.9 Å². The molecule has 1 nitrogen and oxygen atoms in total. The summed E-state index contributed by atoms with van der Waals surface area (Å²) in [5, 5.41) is 0.746. The summed E-state index contributed by atoms with van der Waals surface area (Å²) in [6, 6.07) is 16.0. The van der Waals surface area contributed by atoms with Crippen molar-refractivity contribution >= 4 is 50.1 Å². The van der Waals surface area contributed by atoms with Crippen LogP contribution in [0.25, 0.3) is 0 Å². The second kappa shape index (κ2) is 7.25. The number of hydrogen-bond donors (Lipinski definition) is 0. The lowest BCUT2D eigenvalue weighted by molar-refractivity contribution is -0.0280. The predicted octanol–water partition coefficient (Wildman–Crippen LogP) is 5.97. The van der Waals surface area contributed by atoms with E-state index in [0.717, 1.165) is 25.0 Å². The Balaban J connectivity index is 2.21. The average Bonchev–Trinajstić information content (AvgIpc) is 2.46. The van der Waals surface area contributed by atoms with Crippen LogP contribution in [0.1, 0.15) is 18.1 Å². The van der Waals surface area contributed by atoms with E-state index in [9.17, 15) is 0 Å². The van der Waals surface area contributed by atoms with Crippen molar-refractivity contribution in [2.75, 3.05) is 4.43 Å². The lowest BCUT2D eigenvalue weighted by Crippen LogP contribution is -2.28. The maximum absolute atomic E-state index is 6.19. The van der Waals surface area contributed by atoms with Crippen LogP contribution in [0, 0.1) is 0 Å². The molecule has 0 heterocycles. The Morgan fingerprint density at radius 1 is 1.15 bits per heavy atom. The van der Waals surface area contributed by atoms with E-state index in [2.05, 4.69) is 51.5 Å². The topological polar surface area (TPSA) is 9.23 Å². The molecular formula is C16H15BrClIO. The largest absolute Gasteiger partial charge is 0.365 e. The summed E-state index contributed by atoms with van der Waals surface area (Å²) < 4.78 is 8.12. The summed E-state index contributed by atoms with van der Waals surface area (Å²) >= 11 is 12.1. The van der Waals surface area contributed by atoms with Gasteiger partial charge in [-0.3, -0.25) is 0 Å². The van der Waals surface area contributed by atoms with Gasteiger partial charge in [0.25, 0.3) is 0 Å². The SMILES string of the molecule is CC(CI)(OCc1ccccc1Cl)c1ccccc1Br. The highest BCUT2D eigenvalue weighted by molar-refractivity contribution is 14.1. The Kier molecular flexibility index (Phi) is 5.90. The highest BCUT2D eigenvalue weighted by atomic mass is 127. The fourth-order valence-electron chi connectivity index (χ4n) is 1.93. The number of rotatable bonds is 5. The molecular weight excluding hydrogens is 450 g/mol. The molecule has 0 aliphatic carbocycles. The van der Waals surface area contributed by atoms with E-state index in [0.29, 0.717) is 6.61 Å². The third-order valence-electron chi connectivity index (χ3n) is 3.20. The Morgan fingerprint density at radius 2 is 1.80 bits per heavy atom. The van der Waals surface area contributed by atoms with Crippen molar-refractivity contribution in [1.82, 2.24) is 0 Å². The maximum Gasteiger partial charge on any atom is 0.101 e. The first kappa shape index (κ1) is 16.3. The molecule has 2 rings (SSSR count). The second-order valence-electron chi connectivity index (χ2n) is 4.72. The number of benzene rings is 2. The van der Waals surface area contributed by atoms with Gasteiger partial charge in [0.05, 0.1) is 6.61 Å². The van der Waals surface area contributed by atoms with Crippen molar-refractivity contribution in [2.24, 2.45) is 0 Å². The normalized spacial score (nSPS) is 14.0. The third-order valence-corrected chi connectivity index (χ3v) is 5.72. The number of halogens is 3. The number of hydrogen-bond acceptors (Lipinski definition) is 1. The lowest BCUT2D eigenvalue weighted by Gasteiger charge is -2.29. The van der Waals surface area contributed by atoms with E-state index in [1.165, 1.54) is 0 Å². The van der Waals surface area contributed by atoms with Crippen LogP contribution >= 0.6 is 50.1 Å². The molecule has 0 aliphatic rings. The molecule has 0 amide bonds. The molecule has 0 radical (unpaired) electrons. The summed E-state index contributed by atoms with van der Waals surface area (Å²) in [5.74, 6) is 0. The molecule has 2 aromatic carbocycles. The first-order valence-electron chi connectivity index (χ1n) is 6.25. The summed E-state index contributed by atoms with van der Waals surface area (Å²) in [5.41, 5.74) is 1.82. The van der Waals surface area contributed by atoms with Gasteiger partial charge in [-0.2, -0.15) is 0 Å². The van der Waals surface area contributed by atoms with Crippen LogP contribution in [0.5, 0.6) is 0 Å². The van der Waals surface area contributed by atoms with Gasteiger partial charge in [-0.05, 0) is 30.2 Å². The number of ether oxygens (including phenoxy) is 1.